The van der Waals surface area contributed by atoms with E-state index in [2.05, 4.69) is 65.1 Å². The zero-order chi connectivity index (χ0) is 88.8. The first-order chi connectivity index (χ1) is 60.9. The van der Waals surface area contributed by atoms with Gasteiger partial charge in [0.2, 0.25) is 0 Å². The van der Waals surface area contributed by atoms with Crippen molar-refractivity contribution in [2.75, 3.05) is 0 Å². The molecule has 0 amide bonds. The normalized spacial score (nSPS) is 11.6. The molecule has 20 rings (SSSR count). The summed E-state index contributed by atoms with van der Waals surface area (Å²) < 4.78 is 202. The Morgan fingerprint density at radius 2 is 0.527 bits per heavy atom. The molecule has 131 heavy (non-hydrogen) atoms. The molecular weight excluding hydrogens is 2420 g/mol. The summed E-state index contributed by atoms with van der Waals surface area (Å²) in [7, 11) is 0. The molecular formula is C104H61F15Ir4N8-4. The summed E-state index contributed by atoms with van der Waals surface area (Å²) >= 11 is 0. The van der Waals surface area contributed by atoms with Crippen LogP contribution in [0.4, 0.5) is 65.9 Å². The summed E-state index contributed by atoms with van der Waals surface area (Å²) in [6, 6.07) is 102. The number of hydrogen-bond donors (Lipinski definition) is 0. The van der Waals surface area contributed by atoms with Crippen molar-refractivity contribution in [3.63, 3.8) is 0 Å². The Balaban J connectivity index is 0.000000147. The van der Waals surface area contributed by atoms with Crippen molar-refractivity contribution in [2.45, 2.75) is 51.7 Å². The summed E-state index contributed by atoms with van der Waals surface area (Å²) in [6.45, 7) is 5.10. The van der Waals surface area contributed by atoms with E-state index in [-0.39, 0.29) is 103 Å². The van der Waals surface area contributed by atoms with Gasteiger partial charge >= 0.3 is 30.9 Å². The molecule has 0 saturated carbocycles. The Kier molecular flexibility index (Phi) is 28.8. The van der Waals surface area contributed by atoms with Gasteiger partial charge in [-0.1, -0.05) is 146 Å². The first kappa shape index (κ1) is 96.0. The van der Waals surface area contributed by atoms with Gasteiger partial charge in [0.1, 0.15) is 0 Å². The molecule has 8 nitrogen and oxygen atoms in total. The SMILES string of the molecule is Cc1cc(-c2nnc(-c3[c-]cccc3)c3cc4ccccc4cc23)cc(C(F)(F)F)c1.Cc1ccc(C(F)(F)F)cc1-c1nnc(-c2[c-]cccc2)c2cc3ccccc3cc12.Cc1cccc(C(F)(F)F)c1-c1nnc(-c2[c-]cccc2)c2cc3ccccc3cc12.FC(F)(F)c1ccc(-c2nnc(-c3[c-]cccc3)c3cc4ccccc4cc23)cc1C(F)(F)F.[Ir].[Ir].[Ir].[Ir]. The molecule has 27 heteroatoms. The number of aromatic nitrogens is 8. The number of fused-ring (bicyclic) bond motifs is 8. The van der Waals surface area contributed by atoms with Crippen LogP contribution in [0.3, 0.4) is 0 Å². The molecule has 4 heterocycles. The molecule has 0 N–H and O–H groups in total. The van der Waals surface area contributed by atoms with Crippen molar-refractivity contribution in [1.29, 1.82) is 0 Å². The van der Waals surface area contributed by atoms with Gasteiger partial charge in [0.15, 0.2) is 0 Å². The molecule has 0 unspecified atom stereocenters. The van der Waals surface area contributed by atoms with Crippen LogP contribution < -0.4 is 0 Å². The van der Waals surface area contributed by atoms with Crippen molar-refractivity contribution in [3.05, 3.63) is 384 Å². The van der Waals surface area contributed by atoms with Gasteiger partial charge in [-0.2, -0.15) is 107 Å². The summed E-state index contributed by atoms with van der Waals surface area (Å²) in [5, 5.41) is 47.9. The van der Waals surface area contributed by atoms with Gasteiger partial charge in [-0.15, -0.1) is 144 Å². The van der Waals surface area contributed by atoms with Crippen molar-refractivity contribution in [2.24, 2.45) is 0 Å². The first-order valence-electron chi connectivity index (χ1n) is 39.4. The van der Waals surface area contributed by atoms with Crippen molar-refractivity contribution >= 4 is 86.2 Å². The first-order valence-corrected chi connectivity index (χ1v) is 39.4. The van der Waals surface area contributed by atoms with E-state index in [1.165, 1.54) is 12.1 Å². The maximum atomic E-state index is 13.9. The van der Waals surface area contributed by atoms with Gasteiger partial charge in [0.05, 0.1) is 50.6 Å². The van der Waals surface area contributed by atoms with E-state index in [0.717, 1.165) is 123 Å². The molecule has 4 aromatic heterocycles. The van der Waals surface area contributed by atoms with Crippen LogP contribution in [0.25, 0.3) is 176 Å². The third kappa shape index (κ3) is 20.3. The molecule has 0 bridgehead atoms. The Morgan fingerprint density at radius 3 is 0.870 bits per heavy atom. The summed E-state index contributed by atoms with van der Waals surface area (Å²) in [4.78, 5) is 0. The largest absolute Gasteiger partial charge is 0.417 e. The number of aryl methyl sites for hydroxylation is 3. The number of alkyl halides is 15. The van der Waals surface area contributed by atoms with Crippen LogP contribution in [-0.4, -0.2) is 40.8 Å². The Hall–Kier alpha value is -12.5. The van der Waals surface area contributed by atoms with Crippen molar-refractivity contribution < 1.29 is 146 Å². The van der Waals surface area contributed by atoms with Gasteiger partial charge in [0, 0.05) is 147 Å². The fraction of sp³-hybridized carbons (Fsp3) is 0.0769. The van der Waals surface area contributed by atoms with Crippen molar-refractivity contribution in [3.8, 4) is 90.1 Å². The molecule has 4 radical (unpaired) electrons. The van der Waals surface area contributed by atoms with Gasteiger partial charge in [0.25, 0.3) is 0 Å². The number of rotatable bonds is 8. The van der Waals surface area contributed by atoms with Crippen LogP contribution in [0.5, 0.6) is 0 Å². The van der Waals surface area contributed by atoms with Crippen LogP contribution in [0.2, 0.25) is 0 Å². The minimum Gasteiger partial charge on any atom is -0.200 e. The summed E-state index contributed by atoms with van der Waals surface area (Å²) in [6.07, 6.45) is -23.7. The average molecular weight is 2480 g/mol. The predicted molar refractivity (Wildman–Crippen MR) is 466 cm³/mol. The Labute approximate surface area is 792 Å². The van der Waals surface area contributed by atoms with Gasteiger partial charge in [-0.3, -0.25) is 0 Å². The minimum absolute atomic E-state index is 0. The Morgan fingerprint density at radius 1 is 0.214 bits per heavy atom. The summed E-state index contributed by atoms with van der Waals surface area (Å²) in [5.41, 5.74) is 3.27. The second-order valence-electron chi connectivity index (χ2n) is 30.0. The molecule has 0 saturated heterocycles. The Bertz CT molecular complexity index is 7600. The van der Waals surface area contributed by atoms with E-state index >= 15 is 0 Å². The molecule has 20 aromatic rings. The van der Waals surface area contributed by atoms with Gasteiger partial charge in [-0.05, 0) is 175 Å². The zero-order valence-electron chi connectivity index (χ0n) is 68.1. The second-order valence-corrected chi connectivity index (χ2v) is 30.0. The fourth-order valence-corrected chi connectivity index (χ4v) is 15.7. The molecule has 0 spiro atoms. The van der Waals surface area contributed by atoms with E-state index in [0.29, 0.717) is 95.8 Å². The number of nitrogens with zero attached hydrogens (tertiary/aromatic N) is 8. The number of hydrogen-bond acceptors (Lipinski definition) is 8. The third-order valence-corrected chi connectivity index (χ3v) is 21.7. The zero-order valence-corrected chi connectivity index (χ0v) is 77.7. The summed E-state index contributed by atoms with van der Waals surface area (Å²) in [5.74, 6) is 0. The predicted octanol–water partition coefficient (Wildman–Crippen LogP) is 29.7. The number of benzene rings is 16. The smallest absolute Gasteiger partial charge is 0.200 e. The van der Waals surface area contributed by atoms with E-state index in [9.17, 15) is 65.9 Å². The average Bonchev–Trinajstić information content (AvgIpc) is 0.759. The van der Waals surface area contributed by atoms with Gasteiger partial charge < -0.3 is 0 Å². The second kappa shape index (κ2) is 39.3. The van der Waals surface area contributed by atoms with Crippen molar-refractivity contribution in [1.82, 2.24) is 40.8 Å². The van der Waals surface area contributed by atoms with Gasteiger partial charge in [-0.25, -0.2) is 0 Å². The van der Waals surface area contributed by atoms with Crippen LogP contribution in [0.15, 0.2) is 315 Å². The molecule has 0 fully saturated rings. The molecule has 0 aliphatic rings. The molecule has 0 atom stereocenters. The van der Waals surface area contributed by atoms with Crippen LogP contribution >= 0.6 is 0 Å². The minimum atomic E-state index is -5.20. The molecule has 662 valence electrons. The maximum absolute atomic E-state index is 13.9. The van der Waals surface area contributed by atoms with Crippen LogP contribution in [0, 0.1) is 45.0 Å². The van der Waals surface area contributed by atoms with Crippen LogP contribution in [-0.2, 0) is 111 Å². The molecule has 0 aliphatic carbocycles. The standard InChI is InChI=1S/C26H13F6N2.3C26H16F3N2.4Ir/c27-25(28,29)21-11-10-18(14-22(21)26(30,31)32)24-20-13-17-9-5-4-8-16(17)12-19(20)23(33-34-24)15-6-2-1-3-7-15;1-16-8-7-13-22(26(27,28)29)23(16)25-21-15-19-12-6-5-11-18(19)14-20(21)24(30-31-25)17-9-3-2-4-10-17;1-16-11-20(13-21(12-16)26(27,28)29)25-23-15-19-10-6-5-9-18(19)14-22(23)24(30-31-25)17-7-3-2-4-8-17;1-16-11-12-20(26(27,28)29)15-21(16)25-23-14-19-10-6-5-9-18(19)13-22(23)24(30-31-25)17-7-3-2-4-8-17;;;;/h1-6,8-14H;2-9,11-15H,1H3;2*2-7,9-15H,1H3;;;;/q4*-1;;;;. The van der Waals surface area contributed by atoms with E-state index in [4.69, 9.17) is 0 Å². The third-order valence-electron chi connectivity index (χ3n) is 21.7. The quantitative estimate of drug-likeness (QED) is 0.0842. The molecule has 16 aromatic carbocycles. The van der Waals surface area contributed by atoms with Crippen LogP contribution in [0.1, 0.15) is 44.5 Å². The van der Waals surface area contributed by atoms with E-state index in [1.807, 2.05) is 194 Å². The van der Waals surface area contributed by atoms with E-state index in [1.54, 1.807) is 81.4 Å². The topological polar surface area (TPSA) is 103 Å². The van der Waals surface area contributed by atoms with E-state index < -0.39 is 58.7 Å². The fourth-order valence-electron chi connectivity index (χ4n) is 15.7. The maximum Gasteiger partial charge on any atom is 0.417 e. The molecule has 0 aliphatic heterocycles. The monoisotopic (exact) mass is 2480 g/mol. The number of halogens is 15.